The minimum Gasteiger partial charge on any atom is -0.339 e. The SMILES string of the molecule is CC(=O)Nc1ccc(Nc2ccc(NC(C)=O)nn2)cc1. The number of hydrogen-bond donors (Lipinski definition) is 3. The van der Waals surface area contributed by atoms with Gasteiger partial charge in [-0.15, -0.1) is 10.2 Å². The van der Waals surface area contributed by atoms with Gasteiger partial charge in [-0.25, -0.2) is 0 Å². The molecule has 2 rings (SSSR count). The van der Waals surface area contributed by atoms with Crippen LogP contribution < -0.4 is 16.0 Å². The van der Waals surface area contributed by atoms with Gasteiger partial charge in [0.05, 0.1) is 0 Å². The van der Waals surface area contributed by atoms with Crippen LogP contribution >= 0.6 is 0 Å². The van der Waals surface area contributed by atoms with Crippen molar-refractivity contribution in [2.24, 2.45) is 0 Å². The van der Waals surface area contributed by atoms with Gasteiger partial charge in [-0.1, -0.05) is 0 Å². The summed E-state index contributed by atoms with van der Waals surface area (Å²) >= 11 is 0. The topological polar surface area (TPSA) is 96.0 Å². The van der Waals surface area contributed by atoms with E-state index in [-0.39, 0.29) is 11.8 Å². The molecule has 2 aromatic rings. The van der Waals surface area contributed by atoms with E-state index in [0.717, 1.165) is 11.4 Å². The maximum Gasteiger partial charge on any atom is 0.222 e. The number of anilines is 4. The lowest BCUT2D eigenvalue weighted by atomic mass is 10.2. The smallest absolute Gasteiger partial charge is 0.222 e. The number of carbonyl (C=O) groups excluding carboxylic acids is 2. The van der Waals surface area contributed by atoms with Crippen molar-refractivity contribution in [1.29, 1.82) is 0 Å². The molecule has 0 bridgehead atoms. The molecule has 1 heterocycles. The maximum absolute atomic E-state index is 10.9. The number of benzene rings is 1. The molecule has 0 unspecified atom stereocenters. The fourth-order valence-corrected chi connectivity index (χ4v) is 1.63. The largest absolute Gasteiger partial charge is 0.339 e. The molecule has 0 saturated heterocycles. The van der Waals surface area contributed by atoms with E-state index in [1.807, 2.05) is 12.1 Å². The van der Waals surface area contributed by atoms with Crippen LogP contribution in [0.4, 0.5) is 23.0 Å². The van der Waals surface area contributed by atoms with Gasteiger partial charge in [0.15, 0.2) is 11.6 Å². The normalized spacial score (nSPS) is 9.81. The van der Waals surface area contributed by atoms with Gasteiger partial charge in [-0.2, -0.15) is 0 Å². The van der Waals surface area contributed by atoms with Gasteiger partial charge in [-0.05, 0) is 36.4 Å². The molecule has 1 aromatic heterocycles. The molecule has 1 aromatic carbocycles. The number of aromatic nitrogens is 2. The van der Waals surface area contributed by atoms with Crippen LogP contribution in [-0.2, 0) is 9.59 Å². The summed E-state index contributed by atoms with van der Waals surface area (Å²) in [6.07, 6.45) is 0. The Hall–Kier alpha value is -2.96. The highest BCUT2D eigenvalue weighted by molar-refractivity contribution is 5.89. The summed E-state index contributed by atoms with van der Waals surface area (Å²) < 4.78 is 0. The van der Waals surface area contributed by atoms with Crippen molar-refractivity contribution in [1.82, 2.24) is 10.2 Å². The average molecular weight is 285 g/mol. The highest BCUT2D eigenvalue weighted by Crippen LogP contribution is 2.17. The molecule has 0 aliphatic heterocycles. The first-order chi connectivity index (χ1) is 10.0. The fourth-order valence-electron chi connectivity index (χ4n) is 1.63. The van der Waals surface area contributed by atoms with E-state index in [2.05, 4.69) is 26.1 Å². The van der Waals surface area contributed by atoms with Gasteiger partial charge in [-0.3, -0.25) is 9.59 Å². The van der Waals surface area contributed by atoms with Crippen LogP contribution in [0.2, 0.25) is 0 Å². The molecular weight excluding hydrogens is 270 g/mol. The Kier molecular flexibility index (Phi) is 4.45. The summed E-state index contributed by atoms with van der Waals surface area (Å²) in [4.78, 5) is 21.8. The van der Waals surface area contributed by atoms with Gasteiger partial charge in [0.25, 0.3) is 0 Å². The van der Waals surface area contributed by atoms with E-state index in [1.165, 1.54) is 13.8 Å². The van der Waals surface area contributed by atoms with Gasteiger partial charge >= 0.3 is 0 Å². The molecule has 0 aliphatic carbocycles. The lowest BCUT2D eigenvalue weighted by Gasteiger charge is -2.07. The molecule has 0 atom stereocenters. The Balaban J connectivity index is 2.01. The number of hydrogen-bond acceptors (Lipinski definition) is 5. The van der Waals surface area contributed by atoms with Crippen molar-refractivity contribution in [3.8, 4) is 0 Å². The van der Waals surface area contributed by atoms with E-state index in [1.54, 1.807) is 24.3 Å². The highest BCUT2D eigenvalue weighted by Gasteiger charge is 2.01. The average Bonchev–Trinajstić information content (AvgIpc) is 2.42. The zero-order valence-corrected chi connectivity index (χ0v) is 11.7. The molecule has 0 fully saturated rings. The van der Waals surface area contributed by atoms with E-state index in [4.69, 9.17) is 0 Å². The lowest BCUT2D eigenvalue weighted by molar-refractivity contribution is -0.115. The molecule has 7 nitrogen and oxygen atoms in total. The molecule has 0 aliphatic rings. The third-order valence-electron chi connectivity index (χ3n) is 2.45. The third kappa shape index (κ3) is 4.57. The van der Waals surface area contributed by atoms with Crippen LogP contribution in [-0.4, -0.2) is 22.0 Å². The number of nitrogens with zero attached hydrogens (tertiary/aromatic N) is 2. The maximum atomic E-state index is 10.9. The molecule has 3 N–H and O–H groups in total. The fraction of sp³-hybridized carbons (Fsp3) is 0.143. The van der Waals surface area contributed by atoms with Crippen LogP contribution in [0.3, 0.4) is 0 Å². The van der Waals surface area contributed by atoms with Crippen molar-refractivity contribution >= 4 is 34.8 Å². The van der Waals surface area contributed by atoms with Crippen molar-refractivity contribution in [2.45, 2.75) is 13.8 Å². The first-order valence-electron chi connectivity index (χ1n) is 6.29. The molecule has 0 radical (unpaired) electrons. The van der Waals surface area contributed by atoms with Crippen LogP contribution in [0, 0.1) is 0 Å². The van der Waals surface area contributed by atoms with Crippen molar-refractivity contribution in [3.05, 3.63) is 36.4 Å². The van der Waals surface area contributed by atoms with Gasteiger partial charge in [0, 0.05) is 25.2 Å². The quantitative estimate of drug-likeness (QED) is 0.799. The van der Waals surface area contributed by atoms with Crippen molar-refractivity contribution in [3.63, 3.8) is 0 Å². The summed E-state index contributed by atoms with van der Waals surface area (Å²) in [6, 6.07) is 10.6. The second-order valence-electron chi connectivity index (χ2n) is 4.37. The zero-order chi connectivity index (χ0) is 15.2. The number of amides is 2. The molecular formula is C14H15N5O2. The summed E-state index contributed by atoms with van der Waals surface area (Å²) in [7, 11) is 0. The Morgan fingerprint density at radius 3 is 1.81 bits per heavy atom. The highest BCUT2D eigenvalue weighted by atomic mass is 16.2. The summed E-state index contributed by atoms with van der Waals surface area (Å²) in [5.41, 5.74) is 1.53. The number of carbonyl (C=O) groups is 2. The minimum atomic E-state index is -0.196. The number of nitrogens with one attached hydrogen (secondary N) is 3. The molecule has 21 heavy (non-hydrogen) atoms. The van der Waals surface area contributed by atoms with Gasteiger partial charge in [0.1, 0.15) is 0 Å². The second kappa shape index (κ2) is 6.47. The Morgan fingerprint density at radius 2 is 1.29 bits per heavy atom. The first-order valence-corrected chi connectivity index (χ1v) is 6.29. The monoisotopic (exact) mass is 285 g/mol. The lowest BCUT2D eigenvalue weighted by Crippen LogP contribution is -2.08. The molecule has 2 amide bonds. The Bertz CT molecular complexity index is 580. The number of rotatable bonds is 4. The van der Waals surface area contributed by atoms with Crippen LogP contribution in [0.5, 0.6) is 0 Å². The van der Waals surface area contributed by atoms with E-state index >= 15 is 0 Å². The summed E-state index contributed by atoms with van der Waals surface area (Å²) in [6.45, 7) is 2.86. The van der Waals surface area contributed by atoms with Crippen molar-refractivity contribution < 1.29 is 9.59 Å². The van der Waals surface area contributed by atoms with Gasteiger partial charge in [0.2, 0.25) is 11.8 Å². The predicted octanol–water partition coefficient (Wildman–Crippen LogP) is 2.14. The molecule has 108 valence electrons. The van der Waals surface area contributed by atoms with Crippen LogP contribution in [0.1, 0.15) is 13.8 Å². The molecule has 0 spiro atoms. The summed E-state index contributed by atoms with van der Waals surface area (Å²) in [5, 5.41) is 16.1. The van der Waals surface area contributed by atoms with Gasteiger partial charge < -0.3 is 16.0 Å². The molecule has 7 heteroatoms. The Labute approximate surface area is 121 Å². The predicted molar refractivity (Wildman–Crippen MR) is 80.4 cm³/mol. The zero-order valence-electron chi connectivity index (χ0n) is 11.7. The molecule has 0 saturated carbocycles. The first kappa shape index (κ1) is 14.4. The van der Waals surface area contributed by atoms with E-state index in [0.29, 0.717) is 11.6 Å². The minimum absolute atomic E-state index is 0.116. The van der Waals surface area contributed by atoms with Crippen molar-refractivity contribution in [2.75, 3.05) is 16.0 Å². The van der Waals surface area contributed by atoms with Crippen LogP contribution in [0.25, 0.3) is 0 Å². The second-order valence-corrected chi connectivity index (χ2v) is 4.37. The van der Waals surface area contributed by atoms with E-state index < -0.39 is 0 Å². The standard InChI is InChI=1S/C14H15N5O2/c1-9(20)15-11-3-5-12(6-4-11)17-14-8-7-13(18-19-14)16-10(2)21/h3-8H,1-2H3,(H,15,20)(H,17,19)(H,16,18,21). The Morgan fingerprint density at radius 1 is 0.762 bits per heavy atom. The van der Waals surface area contributed by atoms with E-state index in [9.17, 15) is 9.59 Å². The summed E-state index contributed by atoms with van der Waals surface area (Å²) in [5.74, 6) is 0.638. The third-order valence-corrected chi connectivity index (χ3v) is 2.45. The van der Waals surface area contributed by atoms with Crippen LogP contribution in [0.15, 0.2) is 36.4 Å².